The summed E-state index contributed by atoms with van der Waals surface area (Å²) in [5.41, 5.74) is 1.68. The smallest absolute Gasteiger partial charge is 0.323 e. The molecule has 23 heavy (non-hydrogen) atoms. The topological polar surface area (TPSA) is 61.4 Å². The van der Waals surface area contributed by atoms with E-state index < -0.39 is 0 Å². The third kappa shape index (κ3) is 4.32. The van der Waals surface area contributed by atoms with E-state index in [-0.39, 0.29) is 11.9 Å². The lowest BCUT2D eigenvalue weighted by molar-refractivity contribution is 0.0774. The van der Waals surface area contributed by atoms with E-state index in [1.807, 2.05) is 32.0 Å². The van der Waals surface area contributed by atoms with Gasteiger partial charge in [0.1, 0.15) is 0 Å². The minimum absolute atomic E-state index is 0.0920. The van der Waals surface area contributed by atoms with Crippen molar-refractivity contribution < 1.29 is 9.59 Å². The van der Waals surface area contributed by atoms with Gasteiger partial charge in [0.15, 0.2) is 0 Å². The van der Waals surface area contributed by atoms with Crippen LogP contribution in [-0.4, -0.2) is 29.9 Å². The van der Waals surface area contributed by atoms with E-state index in [0.29, 0.717) is 30.0 Å². The number of carbonyl (C=O) groups excluding carboxylic acids is 2. The minimum atomic E-state index is -0.379. The van der Waals surface area contributed by atoms with Crippen LogP contribution in [0.25, 0.3) is 0 Å². The van der Waals surface area contributed by atoms with Crippen LogP contribution in [0.3, 0.4) is 0 Å². The zero-order valence-corrected chi connectivity index (χ0v) is 13.4. The van der Waals surface area contributed by atoms with Crippen molar-refractivity contribution in [2.45, 2.75) is 13.8 Å². The van der Waals surface area contributed by atoms with E-state index in [2.05, 4.69) is 10.6 Å². The van der Waals surface area contributed by atoms with Crippen LogP contribution in [0.1, 0.15) is 24.2 Å². The average molecular weight is 311 g/mol. The highest BCUT2D eigenvalue weighted by atomic mass is 16.2. The SMILES string of the molecule is CCN(CC)C(=O)c1ccccc1NC(=O)Nc1ccccc1. The predicted molar refractivity (Wildman–Crippen MR) is 92.8 cm³/mol. The molecule has 0 aliphatic rings. The summed E-state index contributed by atoms with van der Waals surface area (Å²) in [6.07, 6.45) is 0. The molecule has 3 amide bonds. The number of rotatable bonds is 5. The Kier molecular flexibility index (Phi) is 5.74. The number of para-hydroxylation sites is 2. The molecule has 2 aromatic carbocycles. The molecule has 2 rings (SSSR count). The molecule has 2 aromatic rings. The number of anilines is 2. The van der Waals surface area contributed by atoms with Crippen LogP contribution in [0.5, 0.6) is 0 Å². The van der Waals surface area contributed by atoms with E-state index in [1.165, 1.54) is 0 Å². The first-order valence-electron chi connectivity index (χ1n) is 7.67. The van der Waals surface area contributed by atoms with Gasteiger partial charge in [-0.05, 0) is 38.1 Å². The normalized spacial score (nSPS) is 10.0. The Hall–Kier alpha value is -2.82. The van der Waals surface area contributed by atoms with Crippen molar-refractivity contribution >= 4 is 23.3 Å². The van der Waals surface area contributed by atoms with Crippen LogP contribution in [0.4, 0.5) is 16.2 Å². The number of urea groups is 1. The molecule has 0 aliphatic carbocycles. The van der Waals surface area contributed by atoms with Gasteiger partial charge in [0.05, 0.1) is 11.3 Å². The molecule has 0 aliphatic heterocycles. The Bertz CT molecular complexity index is 667. The van der Waals surface area contributed by atoms with Gasteiger partial charge in [-0.3, -0.25) is 4.79 Å². The molecule has 0 saturated heterocycles. The highest BCUT2D eigenvalue weighted by Gasteiger charge is 2.17. The van der Waals surface area contributed by atoms with Gasteiger partial charge in [0.25, 0.3) is 5.91 Å². The molecule has 0 unspecified atom stereocenters. The molecular formula is C18H21N3O2. The highest BCUT2D eigenvalue weighted by molar-refractivity contribution is 6.06. The maximum Gasteiger partial charge on any atom is 0.323 e. The summed E-state index contributed by atoms with van der Waals surface area (Å²) >= 11 is 0. The van der Waals surface area contributed by atoms with Gasteiger partial charge in [-0.15, -0.1) is 0 Å². The molecule has 0 bridgehead atoms. The van der Waals surface area contributed by atoms with E-state index in [1.54, 1.807) is 41.3 Å². The zero-order chi connectivity index (χ0) is 16.7. The van der Waals surface area contributed by atoms with Gasteiger partial charge >= 0.3 is 6.03 Å². The molecule has 2 N–H and O–H groups in total. The lowest BCUT2D eigenvalue weighted by Crippen LogP contribution is -2.31. The van der Waals surface area contributed by atoms with E-state index in [0.717, 1.165) is 0 Å². The molecule has 0 heterocycles. The Balaban J connectivity index is 2.14. The lowest BCUT2D eigenvalue weighted by atomic mass is 10.1. The molecule has 0 atom stereocenters. The molecule has 0 fully saturated rings. The number of nitrogens with one attached hydrogen (secondary N) is 2. The van der Waals surface area contributed by atoms with Gasteiger partial charge in [-0.2, -0.15) is 0 Å². The van der Waals surface area contributed by atoms with Gasteiger partial charge in [-0.1, -0.05) is 30.3 Å². The van der Waals surface area contributed by atoms with Crippen LogP contribution in [-0.2, 0) is 0 Å². The maximum absolute atomic E-state index is 12.5. The number of hydrogen-bond donors (Lipinski definition) is 2. The summed E-state index contributed by atoms with van der Waals surface area (Å²) in [7, 11) is 0. The molecule has 0 spiro atoms. The lowest BCUT2D eigenvalue weighted by Gasteiger charge is -2.20. The van der Waals surface area contributed by atoms with E-state index in [9.17, 15) is 9.59 Å². The van der Waals surface area contributed by atoms with Crippen LogP contribution in [0, 0.1) is 0 Å². The number of carbonyl (C=O) groups is 2. The number of nitrogens with zero attached hydrogens (tertiary/aromatic N) is 1. The van der Waals surface area contributed by atoms with Crippen molar-refractivity contribution in [2.24, 2.45) is 0 Å². The van der Waals surface area contributed by atoms with E-state index in [4.69, 9.17) is 0 Å². The predicted octanol–water partition coefficient (Wildman–Crippen LogP) is 3.81. The second kappa shape index (κ2) is 7.98. The van der Waals surface area contributed by atoms with Gasteiger partial charge in [0.2, 0.25) is 0 Å². The molecular weight excluding hydrogens is 290 g/mol. The number of amides is 3. The van der Waals surface area contributed by atoms with Crippen LogP contribution in [0.2, 0.25) is 0 Å². The second-order valence-corrected chi connectivity index (χ2v) is 4.97. The van der Waals surface area contributed by atoms with E-state index >= 15 is 0 Å². The first-order valence-corrected chi connectivity index (χ1v) is 7.67. The number of benzene rings is 2. The van der Waals surface area contributed by atoms with Crippen LogP contribution in [0.15, 0.2) is 54.6 Å². The quantitative estimate of drug-likeness (QED) is 0.882. The summed E-state index contributed by atoms with van der Waals surface area (Å²) in [4.78, 5) is 26.4. The fourth-order valence-corrected chi connectivity index (χ4v) is 2.27. The highest BCUT2D eigenvalue weighted by Crippen LogP contribution is 2.18. The first-order chi connectivity index (χ1) is 11.2. The Morgan fingerprint density at radius 3 is 2.13 bits per heavy atom. The zero-order valence-electron chi connectivity index (χ0n) is 13.4. The average Bonchev–Trinajstić information content (AvgIpc) is 2.57. The van der Waals surface area contributed by atoms with Crippen molar-refractivity contribution in [1.29, 1.82) is 0 Å². The summed E-state index contributed by atoms with van der Waals surface area (Å²) < 4.78 is 0. The summed E-state index contributed by atoms with van der Waals surface area (Å²) in [5, 5.41) is 5.48. The molecule has 5 nitrogen and oxygen atoms in total. The molecule has 0 saturated carbocycles. The van der Waals surface area contributed by atoms with Crippen molar-refractivity contribution in [2.75, 3.05) is 23.7 Å². The second-order valence-electron chi connectivity index (χ2n) is 4.97. The third-order valence-corrected chi connectivity index (χ3v) is 3.49. The summed E-state index contributed by atoms with van der Waals surface area (Å²) in [6, 6.07) is 15.8. The van der Waals surface area contributed by atoms with Gasteiger partial charge in [-0.25, -0.2) is 4.79 Å². The maximum atomic E-state index is 12.5. The summed E-state index contributed by atoms with van der Waals surface area (Å²) in [6.45, 7) is 5.11. The molecule has 0 aromatic heterocycles. The van der Waals surface area contributed by atoms with Crippen molar-refractivity contribution in [3.63, 3.8) is 0 Å². The summed E-state index contributed by atoms with van der Waals surface area (Å²) in [5.74, 6) is -0.0920. The monoisotopic (exact) mass is 311 g/mol. The van der Waals surface area contributed by atoms with Crippen LogP contribution >= 0.6 is 0 Å². The number of hydrogen-bond acceptors (Lipinski definition) is 2. The van der Waals surface area contributed by atoms with Crippen LogP contribution < -0.4 is 10.6 Å². The largest absolute Gasteiger partial charge is 0.339 e. The molecule has 0 radical (unpaired) electrons. The van der Waals surface area contributed by atoms with Crippen molar-refractivity contribution in [3.05, 3.63) is 60.2 Å². The molecule has 120 valence electrons. The third-order valence-electron chi connectivity index (χ3n) is 3.49. The minimum Gasteiger partial charge on any atom is -0.339 e. The molecule has 5 heteroatoms. The van der Waals surface area contributed by atoms with Gasteiger partial charge in [0, 0.05) is 18.8 Å². The Morgan fingerprint density at radius 1 is 0.870 bits per heavy atom. The first kappa shape index (κ1) is 16.5. The van der Waals surface area contributed by atoms with Crippen molar-refractivity contribution in [3.8, 4) is 0 Å². The van der Waals surface area contributed by atoms with Gasteiger partial charge < -0.3 is 15.5 Å². The fourth-order valence-electron chi connectivity index (χ4n) is 2.27. The standard InChI is InChI=1S/C18H21N3O2/c1-3-21(4-2)17(22)15-12-8-9-13-16(15)20-18(23)19-14-10-6-5-7-11-14/h5-13H,3-4H2,1-2H3,(H2,19,20,23). The fraction of sp³-hybridized carbons (Fsp3) is 0.222. The Morgan fingerprint density at radius 2 is 1.48 bits per heavy atom. The Labute approximate surface area is 136 Å². The van der Waals surface area contributed by atoms with Crippen molar-refractivity contribution in [1.82, 2.24) is 4.90 Å².